The monoisotopic (exact) mass is 295 g/mol. The number of hydrogen-bond donors (Lipinski definition) is 2. The van der Waals surface area contributed by atoms with Gasteiger partial charge < -0.3 is 5.32 Å². The number of aromatic nitrogens is 2. The molecule has 0 spiro atoms. The first kappa shape index (κ1) is 11.7. The second-order valence-electron chi connectivity index (χ2n) is 3.51. The summed E-state index contributed by atoms with van der Waals surface area (Å²) in [5.41, 5.74) is -0.0707. The van der Waals surface area contributed by atoms with Gasteiger partial charge in [-0.05, 0) is 24.3 Å². The highest BCUT2D eigenvalue weighted by Crippen LogP contribution is 2.17. The molecule has 2 N–H and O–H groups in total. The van der Waals surface area contributed by atoms with Crippen LogP contribution in [0.1, 0.15) is 0 Å². The molecule has 1 aromatic heterocycles. The third-order valence-corrected chi connectivity index (χ3v) is 2.81. The predicted octanol–water partition coefficient (Wildman–Crippen LogP) is 1.58. The molecule has 88 valence electrons. The van der Waals surface area contributed by atoms with Crippen LogP contribution in [0.5, 0.6) is 0 Å². The minimum Gasteiger partial charge on any atom is -0.341 e. The van der Waals surface area contributed by atoms with Crippen molar-refractivity contribution in [1.82, 2.24) is 9.55 Å². The number of halogens is 1. The molecule has 0 saturated carbocycles. The van der Waals surface area contributed by atoms with Crippen molar-refractivity contribution < 1.29 is 0 Å². The van der Waals surface area contributed by atoms with Gasteiger partial charge in [0.05, 0.1) is 0 Å². The summed E-state index contributed by atoms with van der Waals surface area (Å²) in [6, 6.07) is 8.76. The average molecular weight is 296 g/mol. The molecule has 0 atom stereocenters. The third kappa shape index (κ3) is 2.65. The highest BCUT2D eigenvalue weighted by atomic mass is 79.9. The SMILES string of the molecule is Cn1c(Nc2ccc(Br)cc2)cc(=O)[nH]c1=O. The molecule has 1 heterocycles. The summed E-state index contributed by atoms with van der Waals surface area (Å²) in [6.07, 6.45) is 0. The van der Waals surface area contributed by atoms with E-state index in [-0.39, 0.29) is 0 Å². The van der Waals surface area contributed by atoms with Crippen molar-refractivity contribution in [2.75, 3.05) is 5.32 Å². The second kappa shape index (κ2) is 4.58. The van der Waals surface area contributed by atoms with Gasteiger partial charge in [-0.15, -0.1) is 0 Å². The fraction of sp³-hybridized carbons (Fsp3) is 0.0909. The molecule has 0 bridgehead atoms. The van der Waals surface area contributed by atoms with E-state index < -0.39 is 11.2 Å². The second-order valence-corrected chi connectivity index (χ2v) is 4.43. The van der Waals surface area contributed by atoms with Gasteiger partial charge in [0.1, 0.15) is 5.82 Å². The lowest BCUT2D eigenvalue weighted by Crippen LogP contribution is -2.29. The Bertz CT molecular complexity index is 643. The molecule has 0 amide bonds. The number of anilines is 2. The van der Waals surface area contributed by atoms with Crippen LogP contribution < -0.4 is 16.6 Å². The van der Waals surface area contributed by atoms with Crippen molar-refractivity contribution in [3.05, 3.63) is 55.6 Å². The lowest BCUT2D eigenvalue weighted by molar-refractivity contribution is 0.810. The number of H-pyrrole nitrogens is 1. The molecule has 0 radical (unpaired) electrons. The summed E-state index contributed by atoms with van der Waals surface area (Å²) in [5, 5.41) is 3.00. The van der Waals surface area contributed by atoms with E-state index in [4.69, 9.17) is 0 Å². The maximum atomic E-state index is 11.4. The zero-order chi connectivity index (χ0) is 12.4. The van der Waals surface area contributed by atoms with Gasteiger partial charge in [-0.25, -0.2) is 4.79 Å². The van der Waals surface area contributed by atoms with E-state index >= 15 is 0 Å². The van der Waals surface area contributed by atoms with Crippen molar-refractivity contribution in [2.24, 2.45) is 7.05 Å². The molecule has 6 heteroatoms. The van der Waals surface area contributed by atoms with Gasteiger partial charge in [0.15, 0.2) is 0 Å². The van der Waals surface area contributed by atoms with E-state index in [1.165, 1.54) is 10.6 Å². The maximum Gasteiger partial charge on any atom is 0.329 e. The van der Waals surface area contributed by atoms with Crippen LogP contribution in [-0.2, 0) is 7.05 Å². The summed E-state index contributed by atoms with van der Waals surface area (Å²) in [5.74, 6) is 0.445. The smallest absolute Gasteiger partial charge is 0.329 e. The van der Waals surface area contributed by atoms with Gasteiger partial charge in [0.2, 0.25) is 0 Å². The molecule has 0 aliphatic heterocycles. The minimum absolute atomic E-state index is 0.423. The first-order chi connectivity index (χ1) is 8.06. The molecule has 2 rings (SSSR count). The van der Waals surface area contributed by atoms with Gasteiger partial charge in [0.25, 0.3) is 5.56 Å². The quantitative estimate of drug-likeness (QED) is 0.884. The molecule has 5 nitrogen and oxygen atoms in total. The third-order valence-electron chi connectivity index (χ3n) is 2.28. The number of nitrogens with zero attached hydrogens (tertiary/aromatic N) is 1. The van der Waals surface area contributed by atoms with E-state index in [1.807, 2.05) is 24.3 Å². The zero-order valence-corrected chi connectivity index (χ0v) is 10.6. The van der Waals surface area contributed by atoms with Crippen molar-refractivity contribution in [1.29, 1.82) is 0 Å². The lowest BCUT2D eigenvalue weighted by Gasteiger charge is -2.09. The van der Waals surface area contributed by atoms with Crippen molar-refractivity contribution >= 4 is 27.4 Å². The predicted molar refractivity (Wildman–Crippen MR) is 69.7 cm³/mol. The number of hydrogen-bond acceptors (Lipinski definition) is 3. The Morgan fingerprint density at radius 2 is 1.88 bits per heavy atom. The van der Waals surface area contributed by atoms with Crippen LogP contribution in [0.4, 0.5) is 11.5 Å². The van der Waals surface area contributed by atoms with Gasteiger partial charge in [-0.3, -0.25) is 14.3 Å². The van der Waals surface area contributed by atoms with Crippen molar-refractivity contribution in [3.8, 4) is 0 Å². The average Bonchev–Trinajstić information content (AvgIpc) is 2.28. The standard InChI is InChI=1S/C11H10BrN3O2/c1-15-9(6-10(16)14-11(15)17)13-8-4-2-7(12)3-5-8/h2-6,13H,1H3,(H,14,16,17). The fourth-order valence-corrected chi connectivity index (χ4v) is 1.62. The Labute approximate surface area is 105 Å². The van der Waals surface area contributed by atoms with Crippen LogP contribution in [0.25, 0.3) is 0 Å². The van der Waals surface area contributed by atoms with Gasteiger partial charge in [-0.2, -0.15) is 0 Å². The van der Waals surface area contributed by atoms with Gasteiger partial charge >= 0.3 is 5.69 Å². The van der Waals surface area contributed by atoms with E-state index in [2.05, 4.69) is 26.2 Å². The van der Waals surface area contributed by atoms with E-state index in [0.717, 1.165) is 10.2 Å². The number of benzene rings is 1. The first-order valence-electron chi connectivity index (χ1n) is 4.89. The number of nitrogens with one attached hydrogen (secondary N) is 2. The summed E-state index contributed by atoms with van der Waals surface area (Å²) in [4.78, 5) is 24.7. The van der Waals surface area contributed by atoms with E-state index in [0.29, 0.717) is 5.82 Å². The topological polar surface area (TPSA) is 66.9 Å². The van der Waals surface area contributed by atoms with Crippen molar-refractivity contribution in [3.63, 3.8) is 0 Å². The van der Waals surface area contributed by atoms with E-state index in [9.17, 15) is 9.59 Å². The molecule has 0 aliphatic rings. The van der Waals surface area contributed by atoms with Gasteiger partial charge in [0, 0.05) is 23.3 Å². The van der Waals surface area contributed by atoms with Crippen LogP contribution in [0, 0.1) is 0 Å². The summed E-state index contributed by atoms with van der Waals surface area (Å²) < 4.78 is 2.30. The van der Waals surface area contributed by atoms with Crippen LogP contribution in [0.2, 0.25) is 0 Å². The molecule has 0 unspecified atom stereocenters. The molecule has 17 heavy (non-hydrogen) atoms. The van der Waals surface area contributed by atoms with Crippen LogP contribution in [0.15, 0.2) is 44.4 Å². The molecule has 2 aromatic rings. The number of aromatic amines is 1. The Kier molecular flexibility index (Phi) is 3.14. The summed E-state index contributed by atoms with van der Waals surface area (Å²) in [7, 11) is 1.58. The lowest BCUT2D eigenvalue weighted by atomic mass is 10.3. The van der Waals surface area contributed by atoms with Crippen LogP contribution >= 0.6 is 15.9 Å². The zero-order valence-electron chi connectivity index (χ0n) is 9.03. The maximum absolute atomic E-state index is 11.4. The molecule has 0 saturated heterocycles. The first-order valence-corrected chi connectivity index (χ1v) is 5.68. The fourth-order valence-electron chi connectivity index (χ4n) is 1.36. The summed E-state index contributed by atoms with van der Waals surface area (Å²) >= 11 is 3.33. The summed E-state index contributed by atoms with van der Waals surface area (Å²) in [6.45, 7) is 0. The molecule has 0 aliphatic carbocycles. The molecular weight excluding hydrogens is 286 g/mol. The number of rotatable bonds is 2. The Morgan fingerprint density at radius 3 is 2.53 bits per heavy atom. The highest BCUT2D eigenvalue weighted by molar-refractivity contribution is 9.10. The Morgan fingerprint density at radius 1 is 1.24 bits per heavy atom. The normalized spacial score (nSPS) is 10.2. The Balaban J connectivity index is 2.39. The molecule has 1 aromatic carbocycles. The molecular formula is C11H10BrN3O2. The molecule has 0 fully saturated rings. The highest BCUT2D eigenvalue weighted by Gasteiger charge is 2.02. The minimum atomic E-state index is -0.447. The Hall–Kier alpha value is -1.82. The van der Waals surface area contributed by atoms with E-state index in [1.54, 1.807) is 7.05 Å². The largest absolute Gasteiger partial charge is 0.341 e. The van der Waals surface area contributed by atoms with Crippen molar-refractivity contribution in [2.45, 2.75) is 0 Å². The van der Waals surface area contributed by atoms with Crippen LogP contribution in [0.3, 0.4) is 0 Å². The van der Waals surface area contributed by atoms with Crippen LogP contribution in [-0.4, -0.2) is 9.55 Å². The van der Waals surface area contributed by atoms with Gasteiger partial charge in [-0.1, -0.05) is 15.9 Å².